The monoisotopic (exact) mass is 632 g/mol. The SMILES string of the molecule is c1ccc2c(c1)nc1c3ccc(-c4cccc5c4sc4ccccc45)cc3c3ccc(-c4cccc5c4sc4ccccc45)cc3n21. The van der Waals surface area contributed by atoms with Gasteiger partial charge in [-0.05, 0) is 70.1 Å². The molecule has 2 nitrogen and oxygen atoms in total. The lowest BCUT2D eigenvalue weighted by molar-refractivity contribution is 1.31. The van der Waals surface area contributed by atoms with E-state index in [1.807, 2.05) is 22.7 Å². The van der Waals surface area contributed by atoms with Gasteiger partial charge in [0.2, 0.25) is 0 Å². The Morgan fingerprint density at radius 2 is 0.979 bits per heavy atom. The highest BCUT2D eigenvalue weighted by Crippen LogP contribution is 2.44. The fourth-order valence-corrected chi connectivity index (χ4v) is 10.1. The summed E-state index contributed by atoms with van der Waals surface area (Å²) in [6, 6.07) is 53.4. The molecule has 0 N–H and O–H groups in total. The molecule has 0 spiro atoms. The average molecular weight is 633 g/mol. The topological polar surface area (TPSA) is 17.3 Å². The molecule has 4 aromatic heterocycles. The number of benzene rings is 7. The molecule has 0 bridgehead atoms. The van der Waals surface area contributed by atoms with Gasteiger partial charge in [-0.1, -0.05) is 103 Å². The van der Waals surface area contributed by atoms with Crippen LogP contribution in [0.1, 0.15) is 0 Å². The molecule has 0 saturated heterocycles. The molecule has 7 aromatic carbocycles. The lowest BCUT2D eigenvalue weighted by Crippen LogP contribution is -1.93. The molecule has 0 fully saturated rings. The predicted octanol–water partition coefficient (Wildman–Crippen LogP) is 12.9. The second kappa shape index (κ2) is 9.49. The Balaban J connectivity index is 1.22. The van der Waals surface area contributed by atoms with Gasteiger partial charge >= 0.3 is 0 Å². The van der Waals surface area contributed by atoms with E-state index >= 15 is 0 Å². The van der Waals surface area contributed by atoms with Gasteiger partial charge in [0.05, 0.1) is 16.6 Å². The van der Waals surface area contributed by atoms with Crippen LogP contribution in [0.3, 0.4) is 0 Å². The van der Waals surface area contributed by atoms with Crippen LogP contribution in [0.4, 0.5) is 0 Å². The standard InChI is InChI=1S/C43H24N2S2/c1-5-17-39-30(9-1)32-13-7-11-27(41(32)46-39)25-20-22-34-35(23-25)29-21-19-26(24-38(29)45-37-16-4-3-15-36(37)44-43(34)45)28-12-8-14-33-31-10-2-6-18-40(31)47-42(28)33/h1-24H. The first kappa shape index (κ1) is 25.6. The second-order valence-electron chi connectivity index (χ2n) is 12.3. The van der Waals surface area contributed by atoms with Crippen LogP contribution in [0, 0.1) is 0 Å². The van der Waals surface area contributed by atoms with Gasteiger partial charge in [-0.3, -0.25) is 4.40 Å². The Bertz CT molecular complexity index is 3080. The Morgan fingerprint density at radius 3 is 1.68 bits per heavy atom. The lowest BCUT2D eigenvalue weighted by atomic mass is 9.96. The third-order valence-electron chi connectivity index (χ3n) is 9.78. The number of fused-ring (bicyclic) bond motifs is 14. The Kier molecular flexibility index (Phi) is 5.17. The van der Waals surface area contributed by atoms with E-state index in [1.165, 1.54) is 84.3 Å². The summed E-state index contributed by atoms with van der Waals surface area (Å²) >= 11 is 3.77. The van der Waals surface area contributed by atoms with Gasteiger partial charge in [-0.25, -0.2) is 4.98 Å². The molecule has 0 saturated carbocycles. The van der Waals surface area contributed by atoms with E-state index in [4.69, 9.17) is 4.98 Å². The number of aromatic nitrogens is 2. The number of thiophene rings is 2. The molecule has 0 unspecified atom stereocenters. The van der Waals surface area contributed by atoms with Gasteiger partial charge in [-0.15, -0.1) is 22.7 Å². The number of para-hydroxylation sites is 2. The molecule has 11 rings (SSSR count). The molecule has 0 atom stereocenters. The Morgan fingerprint density at radius 1 is 0.404 bits per heavy atom. The molecular weight excluding hydrogens is 609 g/mol. The fraction of sp³-hybridized carbons (Fsp3) is 0. The summed E-state index contributed by atoms with van der Waals surface area (Å²) in [5, 5.41) is 8.92. The minimum Gasteiger partial charge on any atom is -0.292 e. The van der Waals surface area contributed by atoms with Crippen molar-refractivity contribution in [1.29, 1.82) is 0 Å². The first-order valence-corrected chi connectivity index (χ1v) is 17.5. The van der Waals surface area contributed by atoms with Gasteiger partial charge in [0.25, 0.3) is 0 Å². The van der Waals surface area contributed by atoms with Gasteiger partial charge in [0, 0.05) is 51.1 Å². The minimum absolute atomic E-state index is 0.998. The number of hydrogen-bond acceptors (Lipinski definition) is 3. The van der Waals surface area contributed by atoms with Crippen molar-refractivity contribution in [3.05, 3.63) is 146 Å². The first-order chi connectivity index (χ1) is 23.3. The van der Waals surface area contributed by atoms with E-state index in [9.17, 15) is 0 Å². The van der Waals surface area contributed by atoms with Crippen LogP contribution in [0.5, 0.6) is 0 Å². The highest BCUT2D eigenvalue weighted by Gasteiger charge is 2.18. The molecule has 47 heavy (non-hydrogen) atoms. The maximum absolute atomic E-state index is 5.22. The van der Waals surface area contributed by atoms with Gasteiger partial charge in [-0.2, -0.15) is 0 Å². The van der Waals surface area contributed by atoms with Crippen molar-refractivity contribution in [3.8, 4) is 22.3 Å². The summed E-state index contributed by atoms with van der Waals surface area (Å²) in [7, 11) is 0. The molecule has 0 amide bonds. The number of pyridine rings is 1. The molecular formula is C43H24N2S2. The van der Waals surface area contributed by atoms with Crippen molar-refractivity contribution < 1.29 is 0 Å². The third kappa shape index (κ3) is 3.57. The first-order valence-electron chi connectivity index (χ1n) is 15.9. The van der Waals surface area contributed by atoms with Crippen molar-refractivity contribution in [2.24, 2.45) is 0 Å². The summed E-state index contributed by atoms with van der Waals surface area (Å²) in [5.41, 5.74) is 9.32. The van der Waals surface area contributed by atoms with Crippen LogP contribution in [0.15, 0.2) is 146 Å². The van der Waals surface area contributed by atoms with Crippen LogP contribution < -0.4 is 0 Å². The quantitative estimate of drug-likeness (QED) is 0.173. The average Bonchev–Trinajstić information content (AvgIpc) is 3.83. The molecule has 0 aliphatic carbocycles. The largest absolute Gasteiger partial charge is 0.292 e. The Labute approximate surface area is 277 Å². The van der Waals surface area contributed by atoms with Crippen LogP contribution in [0.25, 0.3) is 101 Å². The maximum atomic E-state index is 5.22. The summed E-state index contributed by atoms with van der Waals surface area (Å²) in [5.74, 6) is 0. The summed E-state index contributed by atoms with van der Waals surface area (Å²) < 4.78 is 7.69. The zero-order chi connectivity index (χ0) is 30.6. The summed E-state index contributed by atoms with van der Waals surface area (Å²) in [6.45, 7) is 0. The van der Waals surface area contributed by atoms with Crippen molar-refractivity contribution in [3.63, 3.8) is 0 Å². The van der Waals surface area contributed by atoms with E-state index in [2.05, 4.69) is 150 Å². The van der Waals surface area contributed by atoms with Crippen LogP contribution in [-0.2, 0) is 0 Å². The minimum atomic E-state index is 0.998. The molecule has 11 aromatic rings. The van der Waals surface area contributed by atoms with E-state index in [1.54, 1.807) is 0 Å². The van der Waals surface area contributed by atoms with Gasteiger partial charge in [0.15, 0.2) is 0 Å². The van der Waals surface area contributed by atoms with E-state index in [-0.39, 0.29) is 0 Å². The molecule has 4 heterocycles. The lowest BCUT2D eigenvalue weighted by Gasteiger charge is -2.13. The third-order valence-corrected chi connectivity index (χ3v) is 12.2. The molecule has 218 valence electrons. The highest BCUT2D eigenvalue weighted by molar-refractivity contribution is 7.26. The number of nitrogens with zero attached hydrogens (tertiary/aromatic N) is 2. The highest BCUT2D eigenvalue weighted by atomic mass is 32.1. The smallest absolute Gasteiger partial charge is 0.146 e. The van der Waals surface area contributed by atoms with Crippen molar-refractivity contribution in [2.45, 2.75) is 0 Å². The van der Waals surface area contributed by atoms with Crippen LogP contribution in [0.2, 0.25) is 0 Å². The van der Waals surface area contributed by atoms with Crippen LogP contribution in [-0.4, -0.2) is 9.38 Å². The van der Waals surface area contributed by atoms with Crippen LogP contribution >= 0.6 is 22.7 Å². The van der Waals surface area contributed by atoms with E-state index in [0.29, 0.717) is 0 Å². The van der Waals surface area contributed by atoms with Gasteiger partial charge < -0.3 is 0 Å². The molecule has 0 aliphatic heterocycles. The number of rotatable bonds is 2. The number of hydrogen-bond donors (Lipinski definition) is 0. The van der Waals surface area contributed by atoms with Gasteiger partial charge in [0.1, 0.15) is 5.65 Å². The zero-order valence-corrected chi connectivity index (χ0v) is 26.7. The summed E-state index contributed by atoms with van der Waals surface area (Å²) in [6.07, 6.45) is 0. The summed E-state index contributed by atoms with van der Waals surface area (Å²) in [4.78, 5) is 5.22. The molecule has 4 heteroatoms. The van der Waals surface area contributed by atoms with E-state index in [0.717, 1.165) is 16.7 Å². The predicted molar refractivity (Wildman–Crippen MR) is 204 cm³/mol. The molecule has 0 aliphatic rings. The maximum Gasteiger partial charge on any atom is 0.146 e. The van der Waals surface area contributed by atoms with Crippen molar-refractivity contribution in [2.75, 3.05) is 0 Å². The van der Waals surface area contributed by atoms with Crippen molar-refractivity contribution in [1.82, 2.24) is 9.38 Å². The zero-order valence-electron chi connectivity index (χ0n) is 25.1. The fourth-order valence-electron chi connectivity index (χ4n) is 7.64. The van der Waals surface area contributed by atoms with E-state index < -0.39 is 0 Å². The Hall–Kier alpha value is -5.55. The molecule has 0 radical (unpaired) electrons. The normalized spacial score (nSPS) is 12.3. The van der Waals surface area contributed by atoms with Crippen molar-refractivity contribution >= 4 is 101 Å². The second-order valence-corrected chi connectivity index (χ2v) is 14.4. The number of imidazole rings is 1.